The summed E-state index contributed by atoms with van der Waals surface area (Å²) in [5, 5.41) is 10.3. The largest absolute Gasteiger partial charge is 0.380 e. The topological polar surface area (TPSA) is 37.3 Å². The summed E-state index contributed by atoms with van der Waals surface area (Å²) in [6.45, 7) is 4.26. The van der Waals surface area contributed by atoms with E-state index in [2.05, 4.69) is 13.8 Å². The minimum atomic E-state index is -1.09. The van der Waals surface area contributed by atoms with E-state index in [1.54, 1.807) is 0 Å². The van der Waals surface area contributed by atoms with Gasteiger partial charge in [0.05, 0.1) is 0 Å². The first-order valence-corrected chi connectivity index (χ1v) is 8.05. The second-order valence-electron chi connectivity index (χ2n) is 5.71. The van der Waals surface area contributed by atoms with Gasteiger partial charge in [-0.2, -0.15) is 0 Å². The molecule has 2 nitrogen and oxygen atoms in total. The van der Waals surface area contributed by atoms with Gasteiger partial charge < -0.3 is 5.11 Å². The number of rotatable bonds is 7. The molecule has 0 saturated carbocycles. The first-order chi connectivity index (χ1) is 10.7. The van der Waals surface area contributed by atoms with Crippen LogP contribution in [0.25, 0.3) is 0 Å². The smallest absolute Gasteiger partial charge is 0.195 e. The molecule has 116 valence electrons. The summed E-state index contributed by atoms with van der Waals surface area (Å²) < 4.78 is 0. The van der Waals surface area contributed by atoms with Gasteiger partial charge in [-0.1, -0.05) is 75.2 Å². The predicted octanol–water partition coefficient (Wildman–Crippen LogP) is 4.51. The van der Waals surface area contributed by atoms with Gasteiger partial charge in [0.15, 0.2) is 5.78 Å². The molecule has 22 heavy (non-hydrogen) atoms. The van der Waals surface area contributed by atoms with E-state index in [0.29, 0.717) is 11.1 Å². The summed E-state index contributed by atoms with van der Waals surface area (Å²) in [6, 6.07) is 15.2. The fourth-order valence-corrected chi connectivity index (χ4v) is 2.59. The van der Waals surface area contributed by atoms with Crippen molar-refractivity contribution in [2.45, 2.75) is 45.6 Å². The Labute approximate surface area is 132 Å². The van der Waals surface area contributed by atoms with E-state index in [-0.39, 0.29) is 5.78 Å². The summed E-state index contributed by atoms with van der Waals surface area (Å²) in [5.74, 6) is -0.244. The maximum absolute atomic E-state index is 12.4. The molecule has 1 atom stereocenters. The molecule has 0 saturated heterocycles. The van der Waals surface area contributed by atoms with Crippen LogP contribution in [-0.2, 0) is 12.8 Å². The SMILES string of the molecule is CCCc1ccc(C(=O)C(O)c2ccc(CCC)cc2)cc1. The molecule has 0 aliphatic rings. The third-order valence-corrected chi connectivity index (χ3v) is 3.86. The second-order valence-corrected chi connectivity index (χ2v) is 5.71. The highest BCUT2D eigenvalue weighted by molar-refractivity contribution is 5.99. The Bertz CT molecular complexity index is 597. The van der Waals surface area contributed by atoms with Crippen LogP contribution in [0.15, 0.2) is 48.5 Å². The standard InChI is InChI=1S/C20H24O2/c1-3-5-15-7-11-17(12-8-15)19(21)20(22)18-13-9-16(6-4-2)10-14-18/h7-14,19,21H,3-6H2,1-2H3. The number of Topliss-reactive ketones (excluding diaryl/α,β-unsaturated/α-hetero) is 1. The average Bonchev–Trinajstić information content (AvgIpc) is 2.55. The quantitative estimate of drug-likeness (QED) is 0.763. The number of hydrogen-bond acceptors (Lipinski definition) is 2. The lowest BCUT2D eigenvalue weighted by atomic mass is 9.97. The summed E-state index contributed by atoms with van der Waals surface area (Å²) in [4.78, 5) is 12.4. The molecule has 1 N–H and O–H groups in total. The zero-order valence-corrected chi connectivity index (χ0v) is 13.4. The number of aryl methyl sites for hydroxylation is 2. The zero-order valence-electron chi connectivity index (χ0n) is 13.4. The average molecular weight is 296 g/mol. The molecule has 2 aromatic carbocycles. The Morgan fingerprint density at radius 3 is 1.77 bits per heavy atom. The van der Waals surface area contributed by atoms with Crippen LogP contribution in [0.1, 0.15) is 59.8 Å². The summed E-state index contributed by atoms with van der Waals surface area (Å²) in [5.41, 5.74) is 3.67. The number of aliphatic hydroxyl groups is 1. The second kappa shape index (κ2) is 7.90. The Balaban J connectivity index is 2.10. The van der Waals surface area contributed by atoms with Crippen molar-refractivity contribution in [3.8, 4) is 0 Å². The van der Waals surface area contributed by atoms with Crippen molar-refractivity contribution in [3.63, 3.8) is 0 Å². The van der Waals surface area contributed by atoms with Crippen LogP contribution < -0.4 is 0 Å². The van der Waals surface area contributed by atoms with Crippen LogP contribution >= 0.6 is 0 Å². The van der Waals surface area contributed by atoms with Crippen molar-refractivity contribution in [2.75, 3.05) is 0 Å². The lowest BCUT2D eigenvalue weighted by molar-refractivity contribution is 0.0747. The molecule has 0 bridgehead atoms. The van der Waals surface area contributed by atoms with Crippen molar-refractivity contribution < 1.29 is 9.90 Å². The Morgan fingerprint density at radius 2 is 1.32 bits per heavy atom. The van der Waals surface area contributed by atoms with E-state index in [9.17, 15) is 9.90 Å². The zero-order chi connectivity index (χ0) is 15.9. The molecule has 0 radical (unpaired) electrons. The van der Waals surface area contributed by atoms with E-state index in [0.717, 1.165) is 25.7 Å². The number of aliphatic hydroxyl groups excluding tert-OH is 1. The number of carbonyl (C=O) groups excluding carboxylic acids is 1. The van der Waals surface area contributed by atoms with Crippen LogP contribution in [0.4, 0.5) is 0 Å². The molecule has 2 rings (SSSR count). The van der Waals surface area contributed by atoms with Crippen molar-refractivity contribution in [3.05, 3.63) is 70.8 Å². The molecule has 0 aromatic heterocycles. The van der Waals surface area contributed by atoms with Gasteiger partial charge in [0.2, 0.25) is 0 Å². The van der Waals surface area contributed by atoms with E-state index >= 15 is 0 Å². The van der Waals surface area contributed by atoms with Gasteiger partial charge in [0.25, 0.3) is 0 Å². The van der Waals surface area contributed by atoms with Crippen LogP contribution in [0, 0.1) is 0 Å². The minimum Gasteiger partial charge on any atom is -0.380 e. The lowest BCUT2D eigenvalue weighted by Gasteiger charge is -2.11. The molecule has 0 amide bonds. The summed E-state index contributed by atoms with van der Waals surface area (Å²) in [7, 11) is 0. The third kappa shape index (κ3) is 4.05. The molecule has 2 aromatic rings. The molecule has 2 heteroatoms. The van der Waals surface area contributed by atoms with Crippen molar-refractivity contribution in [1.29, 1.82) is 0 Å². The molecule has 0 aliphatic heterocycles. The van der Waals surface area contributed by atoms with Crippen LogP contribution in [-0.4, -0.2) is 10.9 Å². The maximum Gasteiger partial charge on any atom is 0.195 e. The van der Waals surface area contributed by atoms with Crippen molar-refractivity contribution >= 4 is 5.78 Å². The Morgan fingerprint density at radius 1 is 0.864 bits per heavy atom. The Hall–Kier alpha value is -1.93. The lowest BCUT2D eigenvalue weighted by Crippen LogP contribution is -2.12. The molecule has 1 unspecified atom stereocenters. The number of carbonyl (C=O) groups is 1. The number of hydrogen-bond donors (Lipinski definition) is 1. The van der Waals surface area contributed by atoms with Gasteiger partial charge in [0, 0.05) is 5.56 Å². The van der Waals surface area contributed by atoms with Crippen molar-refractivity contribution in [2.24, 2.45) is 0 Å². The molecule has 0 fully saturated rings. The third-order valence-electron chi connectivity index (χ3n) is 3.86. The predicted molar refractivity (Wildman–Crippen MR) is 90.2 cm³/mol. The van der Waals surface area contributed by atoms with E-state index in [1.165, 1.54) is 11.1 Å². The normalized spacial score (nSPS) is 12.1. The fraction of sp³-hybridized carbons (Fsp3) is 0.350. The first kappa shape index (κ1) is 16.4. The highest BCUT2D eigenvalue weighted by atomic mass is 16.3. The number of benzene rings is 2. The highest BCUT2D eigenvalue weighted by Gasteiger charge is 2.19. The molecular formula is C20H24O2. The molecule has 0 heterocycles. The van der Waals surface area contributed by atoms with Crippen LogP contribution in [0.3, 0.4) is 0 Å². The fourth-order valence-electron chi connectivity index (χ4n) is 2.59. The van der Waals surface area contributed by atoms with E-state index < -0.39 is 6.10 Å². The first-order valence-electron chi connectivity index (χ1n) is 8.05. The summed E-state index contributed by atoms with van der Waals surface area (Å²) >= 11 is 0. The maximum atomic E-state index is 12.4. The minimum absolute atomic E-state index is 0.244. The summed E-state index contributed by atoms with van der Waals surface area (Å²) in [6.07, 6.45) is 3.11. The monoisotopic (exact) mass is 296 g/mol. The van der Waals surface area contributed by atoms with Crippen LogP contribution in [0.2, 0.25) is 0 Å². The van der Waals surface area contributed by atoms with Gasteiger partial charge in [-0.25, -0.2) is 0 Å². The molecule has 0 aliphatic carbocycles. The Kier molecular flexibility index (Phi) is 5.91. The van der Waals surface area contributed by atoms with Gasteiger partial charge in [-0.15, -0.1) is 0 Å². The van der Waals surface area contributed by atoms with Gasteiger partial charge >= 0.3 is 0 Å². The van der Waals surface area contributed by atoms with E-state index in [1.807, 2.05) is 48.5 Å². The van der Waals surface area contributed by atoms with E-state index in [4.69, 9.17) is 0 Å². The highest BCUT2D eigenvalue weighted by Crippen LogP contribution is 2.20. The van der Waals surface area contributed by atoms with Gasteiger partial charge in [0.1, 0.15) is 6.10 Å². The number of ketones is 1. The van der Waals surface area contributed by atoms with Crippen LogP contribution in [0.5, 0.6) is 0 Å². The van der Waals surface area contributed by atoms with Crippen molar-refractivity contribution in [1.82, 2.24) is 0 Å². The molecular weight excluding hydrogens is 272 g/mol. The van der Waals surface area contributed by atoms with Gasteiger partial charge in [-0.3, -0.25) is 4.79 Å². The molecule has 0 spiro atoms. The van der Waals surface area contributed by atoms with Gasteiger partial charge in [-0.05, 0) is 29.5 Å².